The molecule has 116 valence electrons. The zero-order valence-corrected chi connectivity index (χ0v) is 11.9. The summed E-state index contributed by atoms with van der Waals surface area (Å²) < 4.78 is 46.8. The summed E-state index contributed by atoms with van der Waals surface area (Å²) in [4.78, 5) is 0. The minimum absolute atomic E-state index is 0.0368. The molecule has 2 rings (SSSR count). The maximum atomic E-state index is 14.0. The highest BCUT2D eigenvalue weighted by molar-refractivity contribution is 5.65. The lowest BCUT2D eigenvalue weighted by Gasteiger charge is -2.10. The van der Waals surface area contributed by atoms with E-state index in [1.807, 2.05) is 6.92 Å². The fraction of sp³-hybridized carbons (Fsp3) is 0.176. The third kappa shape index (κ3) is 3.31. The van der Waals surface area contributed by atoms with Crippen molar-refractivity contribution in [1.82, 2.24) is 0 Å². The number of rotatable bonds is 5. The summed E-state index contributed by atoms with van der Waals surface area (Å²) in [6.07, 6.45) is 3.49. The van der Waals surface area contributed by atoms with Gasteiger partial charge in [0.05, 0.1) is 6.61 Å². The number of hydrogen-bond acceptors (Lipinski definition) is 2. The van der Waals surface area contributed by atoms with Crippen molar-refractivity contribution in [2.24, 2.45) is 0 Å². The number of aliphatic hydroxyl groups is 1. The molecule has 0 aliphatic rings. The SMILES string of the molecule is CC=CCOc1ccc(-c2ccc(CO)c(F)c2F)cc1F. The van der Waals surface area contributed by atoms with E-state index >= 15 is 0 Å². The van der Waals surface area contributed by atoms with Crippen molar-refractivity contribution in [3.05, 3.63) is 65.5 Å². The molecule has 0 spiro atoms. The minimum atomic E-state index is -1.13. The Labute approximate surface area is 126 Å². The minimum Gasteiger partial charge on any atom is -0.486 e. The topological polar surface area (TPSA) is 29.5 Å². The molecule has 0 aliphatic heterocycles. The van der Waals surface area contributed by atoms with E-state index in [4.69, 9.17) is 9.84 Å². The summed E-state index contributed by atoms with van der Waals surface area (Å²) in [6.45, 7) is 1.44. The maximum absolute atomic E-state index is 14.0. The summed E-state index contributed by atoms with van der Waals surface area (Å²) in [7, 11) is 0. The van der Waals surface area contributed by atoms with Crippen LogP contribution in [-0.2, 0) is 6.61 Å². The van der Waals surface area contributed by atoms with Crippen LogP contribution in [0.15, 0.2) is 42.5 Å². The second-order valence-corrected chi connectivity index (χ2v) is 4.58. The molecule has 0 fully saturated rings. The van der Waals surface area contributed by atoms with Crippen LogP contribution in [-0.4, -0.2) is 11.7 Å². The van der Waals surface area contributed by atoms with Crippen molar-refractivity contribution < 1.29 is 23.0 Å². The second-order valence-electron chi connectivity index (χ2n) is 4.58. The molecule has 0 saturated carbocycles. The first kappa shape index (κ1) is 16.1. The van der Waals surface area contributed by atoms with Crippen LogP contribution in [0.25, 0.3) is 11.1 Å². The zero-order chi connectivity index (χ0) is 16.1. The van der Waals surface area contributed by atoms with E-state index in [1.54, 1.807) is 12.2 Å². The van der Waals surface area contributed by atoms with Crippen molar-refractivity contribution >= 4 is 0 Å². The summed E-state index contributed by atoms with van der Waals surface area (Å²) in [5, 5.41) is 8.90. The smallest absolute Gasteiger partial charge is 0.167 e. The molecule has 0 amide bonds. The fourth-order valence-electron chi connectivity index (χ4n) is 1.95. The van der Waals surface area contributed by atoms with Crippen LogP contribution in [0.5, 0.6) is 5.75 Å². The molecule has 22 heavy (non-hydrogen) atoms. The number of allylic oxidation sites excluding steroid dienone is 1. The van der Waals surface area contributed by atoms with Crippen molar-refractivity contribution in [3.63, 3.8) is 0 Å². The Kier molecular flexibility index (Phi) is 5.22. The van der Waals surface area contributed by atoms with Crippen LogP contribution in [0.3, 0.4) is 0 Å². The second kappa shape index (κ2) is 7.13. The van der Waals surface area contributed by atoms with Gasteiger partial charge in [-0.25, -0.2) is 13.2 Å². The van der Waals surface area contributed by atoms with Gasteiger partial charge in [-0.3, -0.25) is 0 Å². The molecule has 0 aliphatic carbocycles. The number of hydrogen-bond donors (Lipinski definition) is 1. The van der Waals surface area contributed by atoms with Gasteiger partial charge in [0.2, 0.25) is 0 Å². The monoisotopic (exact) mass is 308 g/mol. The Morgan fingerprint density at radius 2 is 1.86 bits per heavy atom. The standard InChI is InChI=1S/C17H15F3O2/c1-2-3-8-22-15-7-5-11(9-14(15)18)13-6-4-12(10-21)16(19)17(13)20/h2-7,9,21H,8,10H2,1H3. The molecular weight excluding hydrogens is 293 g/mol. The van der Waals surface area contributed by atoms with Gasteiger partial charge in [0.1, 0.15) is 6.61 Å². The first-order chi connectivity index (χ1) is 10.6. The van der Waals surface area contributed by atoms with Crippen LogP contribution in [0.4, 0.5) is 13.2 Å². The molecule has 0 radical (unpaired) electrons. The van der Waals surface area contributed by atoms with Gasteiger partial charge in [-0.1, -0.05) is 30.4 Å². The van der Waals surface area contributed by atoms with E-state index in [2.05, 4.69) is 0 Å². The molecule has 1 N–H and O–H groups in total. The summed E-state index contributed by atoms with van der Waals surface area (Å²) in [6, 6.07) is 6.47. The van der Waals surface area contributed by atoms with Gasteiger partial charge in [-0.15, -0.1) is 0 Å². The van der Waals surface area contributed by atoms with Crippen LogP contribution >= 0.6 is 0 Å². The predicted molar refractivity (Wildman–Crippen MR) is 78.0 cm³/mol. The third-order valence-electron chi connectivity index (χ3n) is 3.15. The highest BCUT2D eigenvalue weighted by atomic mass is 19.2. The highest BCUT2D eigenvalue weighted by Gasteiger charge is 2.15. The van der Waals surface area contributed by atoms with E-state index < -0.39 is 24.1 Å². The molecule has 2 aromatic rings. The number of ether oxygens (including phenoxy) is 1. The molecule has 0 atom stereocenters. The molecule has 0 saturated heterocycles. The first-order valence-electron chi connectivity index (χ1n) is 6.70. The van der Waals surface area contributed by atoms with Crippen LogP contribution < -0.4 is 4.74 Å². The Bertz CT molecular complexity index is 697. The first-order valence-corrected chi connectivity index (χ1v) is 6.70. The predicted octanol–water partition coefficient (Wildman–Crippen LogP) is 4.22. The van der Waals surface area contributed by atoms with Gasteiger partial charge in [0, 0.05) is 11.1 Å². The van der Waals surface area contributed by atoms with E-state index in [0.29, 0.717) is 0 Å². The van der Waals surface area contributed by atoms with Crippen molar-refractivity contribution in [2.75, 3.05) is 6.61 Å². The molecule has 0 unspecified atom stereocenters. The number of benzene rings is 2. The third-order valence-corrected chi connectivity index (χ3v) is 3.15. The van der Waals surface area contributed by atoms with Gasteiger partial charge in [0.25, 0.3) is 0 Å². The lowest BCUT2D eigenvalue weighted by Crippen LogP contribution is -1.99. The van der Waals surface area contributed by atoms with Crippen LogP contribution in [0.2, 0.25) is 0 Å². The molecular formula is C17H15F3O2. The van der Waals surface area contributed by atoms with Gasteiger partial charge in [0.15, 0.2) is 23.2 Å². The van der Waals surface area contributed by atoms with Crippen LogP contribution in [0, 0.1) is 17.5 Å². The Morgan fingerprint density at radius 3 is 2.50 bits per heavy atom. The number of halogens is 3. The highest BCUT2D eigenvalue weighted by Crippen LogP contribution is 2.29. The number of aliphatic hydroxyl groups excluding tert-OH is 1. The van der Waals surface area contributed by atoms with E-state index in [-0.39, 0.29) is 29.0 Å². The Balaban J connectivity index is 2.34. The van der Waals surface area contributed by atoms with E-state index in [1.165, 1.54) is 24.3 Å². The van der Waals surface area contributed by atoms with Crippen molar-refractivity contribution in [2.45, 2.75) is 13.5 Å². The Hall–Kier alpha value is -2.27. The fourth-order valence-corrected chi connectivity index (χ4v) is 1.95. The molecule has 2 aromatic carbocycles. The van der Waals surface area contributed by atoms with Crippen LogP contribution in [0.1, 0.15) is 12.5 Å². The molecule has 0 bridgehead atoms. The molecule has 5 heteroatoms. The van der Waals surface area contributed by atoms with E-state index in [9.17, 15) is 13.2 Å². The van der Waals surface area contributed by atoms with Gasteiger partial charge >= 0.3 is 0 Å². The lowest BCUT2D eigenvalue weighted by atomic mass is 10.0. The van der Waals surface area contributed by atoms with Gasteiger partial charge in [-0.2, -0.15) is 0 Å². The van der Waals surface area contributed by atoms with Gasteiger partial charge in [-0.05, 0) is 24.6 Å². The summed E-state index contributed by atoms with van der Waals surface area (Å²) in [5.74, 6) is -2.87. The average molecular weight is 308 g/mol. The van der Waals surface area contributed by atoms with Crippen molar-refractivity contribution in [1.29, 1.82) is 0 Å². The largest absolute Gasteiger partial charge is 0.486 e. The summed E-state index contributed by atoms with van der Waals surface area (Å²) >= 11 is 0. The lowest BCUT2D eigenvalue weighted by molar-refractivity contribution is 0.273. The molecule has 2 nitrogen and oxygen atoms in total. The van der Waals surface area contributed by atoms with E-state index in [0.717, 1.165) is 6.07 Å². The summed E-state index contributed by atoms with van der Waals surface area (Å²) in [5.41, 5.74) is -0.0293. The average Bonchev–Trinajstić information content (AvgIpc) is 2.52. The van der Waals surface area contributed by atoms with Crippen molar-refractivity contribution in [3.8, 4) is 16.9 Å². The normalized spacial score (nSPS) is 11.1. The maximum Gasteiger partial charge on any atom is 0.167 e. The zero-order valence-electron chi connectivity index (χ0n) is 11.9. The quantitative estimate of drug-likeness (QED) is 0.838. The Morgan fingerprint density at radius 1 is 1.09 bits per heavy atom. The molecule has 0 heterocycles. The van der Waals surface area contributed by atoms with Gasteiger partial charge < -0.3 is 9.84 Å². The molecule has 0 aromatic heterocycles.